The first-order chi connectivity index (χ1) is 4.83. The molecule has 0 amide bonds. The zero-order valence-electron chi connectivity index (χ0n) is 6.03. The van der Waals surface area contributed by atoms with Gasteiger partial charge in [-0.15, -0.1) is 0 Å². The summed E-state index contributed by atoms with van der Waals surface area (Å²) in [7, 11) is 0. The van der Waals surface area contributed by atoms with Gasteiger partial charge in [0.15, 0.2) is 0 Å². The molecular formula is C8H14O2. The maximum Gasteiger partial charge on any atom is 0.0574 e. The highest BCUT2D eigenvalue weighted by molar-refractivity contribution is 4.96. The molecular weight excluding hydrogens is 128 g/mol. The minimum absolute atomic E-state index is 0.101. The van der Waals surface area contributed by atoms with Crippen LogP contribution in [-0.4, -0.2) is 22.9 Å². The van der Waals surface area contributed by atoms with Crippen LogP contribution in [0.2, 0.25) is 0 Å². The van der Waals surface area contributed by atoms with Gasteiger partial charge in [0.2, 0.25) is 0 Å². The summed E-state index contributed by atoms with van der Waals surface area (Å²) >= 11 is 0. The van der Waals surface area contributed by atoms with Crippen molar-refractivity contribution < 1.29 is 10.2 Å². The number of hydrogen-bond acceptors (Lipinski definition) is 2. The summed E-state index contributed by atoms with van der Waals surface area (Å²) in [5.74, 6) is 1.48. The van der Waals surface area contributed by atoms with E-state index in [9.17, 15) is 5.11 Å². The lowest BCUT2D eigenvalue weighted by atomic mass is 9.97. The van der Waals surface area contributed by atoms with E-state index < -0.39 is 0 Å². The molecule has 58 valence electrons. The standard InChI is InChI=1S/C8H14O2/c9-4-7-5-1-2-6(7)8(10)3-5/h5-10H,1-4H2/t5-,6+,7-,8+/m0/s1. The zero-order chi connectivity index (χ0) is 7.14. The molecule has 2 rings (SSSR count). The molecule has 2 nitrogen and oxygen atoms in total. The smallest absolute Gasteiger partial charge is 0.0574 e. The summed E-state index contributed by atoms with van der Waals surface area (Å²) in [6.45, 7) is 0.284. The third kappa shape index (κ3) is 0.722. The largest absolute Gasteiger partial charge is 0.396 e. The van der Waals surface area contributed by atoms with Crippen LogP contribution in [0.15, 0.2) is 0 Å². The lowest BCUT2D eigenvalue weighted by molar-refractivity contribution is 0.0974. The van der Waals surface area contributed by atoms with Gasteiger partial charge in [-0.25, -0.2) is 0 Å². The van der Waals surface area contributed by atoms with Crippen LogP contribution in [0, 0.1) is 17.8 Å². The van der Waals surface area contributed by atoms with E-state index in [1.165, 1.54) is 6.42 Å². The Morgan fingerprint density at radius 2 is 2.10 bits per heavy atom. The second kappa shape index (κ2) is 2.21. The van der Waals surface area contributed by atoms with E-state index in [0.29, 0.717) is 17.8 Å². The van der Waals surface area contributed by atoms with Crippen LogP contribution in [0.3, 0.4) is 0 Å². The van der Waals surface area contributed by atoms with Crippen LogP contribution in [0.5, 0.6) is 0 Å². The van der Waals surface area contributed by atoms with Crippen molar-refractivity contribution in [3.8, 4) is 0 Å². The van der Waals surface area contributed by atoms with E-state index in [4.69, 9.17) is 5.11 Å². The normalized spacial score (nSPS) is 52.2. The number of aliphatic hydroxyl groups excluding tert-OH is 2. The summed E-state index contributed by atoms with van der Waals surface area (Å²) in [4.78, 5) is 0. The summed E-state index contributed by atoms with van der Waals surface area (Å²) in [6, 6.07) is 0. The SMILES string of the molecule is OC[C@H]1[C@H]2CC[C@H]1[C@H](O)C2. The maximum absolute atomic E-state index is 9.41. The fourth-order valence-electron chi connectivity index (χ4n) is 2.72. The van der Waals surface area contributed by atoms with E-state index >= 15 is 0 Å². The van der Waals surface area contributed by atoms with Gasteiger partial charge in [0.05, 0.1) is 6.10 Å². The molecule has 0 spiro atoms. The highest BCUT2D eigenvalue weighted by Gasteiger charge is 2.46. The molecule has 0 aliphatic heterocycles. The van der Waals surface area contributed by atoms with Crippen molar-refractivity contribution in [1.29, 1.82) is 0 Å². The van der Waals surface area contributed by atoms with Gasteiger partial charge in [0.25, 0.3) is 0 Å². The van der Waals surface area contributed by atoms with Crippen molar-refractivity contribution in [2.45, 2.75) is 25.4 Å². The molecule has 4 atom stereocenters. The highest BCUT2D eigenvalue weighted by Crippen LogP contribution is 2.48. The Morgan fingerprint density at radius 1 is 1.30 bits per heavy atom. The van der Waals surface area contributed by atoms with E-state index in [1.54, 1.807) is 0 Å². The molecule has 2 fully saturated rings. The monoisotopic (exact) mass is 142 g/mol. The van der Waals surface area contributed by atoms with Crippen LogP contribution in [0.4, 0.5) is 0 Å². The Labute approximate surface area is 60.9 Å². The van der Waals surface area contributed by atoms with Gasteiger partial charge in [-0.3, -0.25) is 0 Å². The molecule has 0 aromatic rings. The summed E-state index contributed by atoms with van der Waals surface area (Å²) in [5, 5.41) is 18.4. The van der Waals surface area contributed by atoms with Crippen molar-refractivity contribution >= 4 is 0 Å². The van der Waals surface area contributed by atoms with Crippen molar-refractivity contribution in [3.63, 3.8) is 0 Å². The van der Waals surface area contributed by atoms with Crippen molar-refractivity contribution in [1.82, 2.24) is 0 Å². The molecule has 0 heterocycles. The van der Waals surface area contributed by atoms with Crippen LogP contribution in [0.1, 0.15) is 19.3 Å². The molecule has 10 heavy (non-hydrogen) atoms. The van der Waals surface area contributed by atoms with Crippen molar-refractivity contribution in [3.05, 3.63) is 0 Å². The van der Waals surface area contributed by atoms with Crippen LogP contribution >= 0.6 is 0 Å². The van der Waals surface area contributed by atoms with Crippen molar-refractivity contribution in [2.75, 3.05) is 6.61 Å². The number of rotatable bonds is 1. The third-order valence-corrected chi connectivity index (χ3v) is 3.28. The minimum Gasteiger partial charge on any atom is -0.396 e. The van der Waals surface area contributed by atoms with Gasteiger partial charge < -0.3 is 10.2 Å². The first-order valence-corrected chi connectivity index (χ1v) is 4.12. The lowest BCUT2D eigenvalue weighted by Crippen LogP contribution is -2.18. The zero-order valence-corrected chi connectivity index (χ0v) is 6.03. The molecule has 0 aromatic heterocycles. The molecule has 2 N–H and O–H groups in total. The molecule has 2 bridgehead atoms. The predicted octanol–water partition coefficient (Wildman–Crippen LogP) is 0.386. The molecule has 0 saturated heterocycles. The van der Waals surface area contributed by atoms with Crippen LogP contribution < -0.4 is 0 Å². The van der Waals surface area contributed by atoms with Gasteiger partial charge in [-0.05, 0) is 37.0 Å². The minimum atomic E-state index is -0.101. The Balaban J connectivity index is 2.11. The van der Waals surface area contributed by atoms with Gasteiger partial charge in [-0.2, -0.15) is 0 Å². The van der Waals surface area contributed by atoms with Gasteiger partial charge in [-0.1, -0.05) is 0 Å². The molecule has 2 aliphatic rings. The maximum atomic E-state index is 9.41. The van der Waals surface area contributed by atoms with E-state index in [1.807, 2.05) is 0 Å². The highest BCUT2D eigenvalue weighted by atomic mass is 16.3. The predicted molar refractivity (Wildman–Crippen MR) is 37.4 cm³/mol. The Kier molecular flexibility index (Phi) is 1.46. The fourth-order valence-corrected chi connectivity index (χ4v) is 2.72. The average Bonchev–Trinajstić information content (AvgIpc) is 2.42. The second-order valence-electron chi connectivity index (χ2n) is 3.65. The Hall–Kier alpha value is -0.0800. The summed E-state index contributed by atoms with van der Waals surface area (Å²) < 4.78 is 0. The first-order valence-electron chi connectivity index (χ1n) is 4.12. The average molecular weight is 142 g/mol. The molecule has 2 saturated carbocycles. The molecule has 0 aromatic carbocycles. The molecule has 0 unspecified atom stereocenters. The molecule has 0 radical (unpaired) electrons. The topological polar surface area (TPSA) is 40.5 Å². The van der Waals surface area contributed by atoms with Crippen LogP contribution in [0.25, 0.3) is 0 Å². The van der Waals surface area contributed by atoms with E-state index in [0.717, 1.165) is 12.8 Å². The number of fused-ring (bicyclic) bond motifs is 2. The molecule has 2 heteroatoms. The number of aliphatic hydroxyl groups is 2. The second-order valence-corrected chi connectivity index (χ2v) is 3.65. The fraction of sp³-hybridized carbons (Fsp3) is 1.00. The van der Waals surface area contributed by atoms with Gasteiger partial charge >= 0.3 is 0 Å². The van der Waals surface area contributed by atoms with Crippen LogP contribution in [-0.2, 0) is 0 Å². The Morgan fingerprint density at radius 3 is 2.40 bits per heavy atom. The van der Waals surface area contributed by atoms with E-state index in [2.05, 4.69) is 0 Å². The summed E-state index contributed by atoms with van der Waals surface area (Å²) in [5.41, 5.74) is 0. The first kappa shape index (κ1) is 6.62. The third-order valence-electron chi connectivity index (χ3n) is 3.28. The van der Waals surface area contributed by atoms with Crippen molar-refractivity contribution in [2.24, 2.45) is 17.8 Å². The van der Waals surface area contributed by atoms with Gasteiger partial charge in [0.1, 0.15) is 0 Å². The van der Waals surface area contributed by atoms with E-state index in [-0.39, 0.29) is 12.7 Å². The van der Waals surface area contributed by atoms with Gasteiger partial charge in [0, 0.05) is 6.61 Å². The summed E-state index contributed by atoms with van der Waals surface area (Å²) in [6.07, 6.45) is 3.20. The number of hydrogen-bond donors (Lipinski definition) is 2. The Bertz CT molecular complexity index is 135. The quantitative estimate of drug-likeness (QED) is 0.556. The molecule has 2 aliphatic carbocycles. The lowest BCUT2D eigenvalue weighted by Gasteiger charge is -2.15.